The van der Waals surface area contributed by atoms with Crippen LogP contribution in [0.15, 0.2) is 48.5 Å². The number of imide groups is 1. The molecule has 6 heteroatoms. The van der Waals surface area contributed by atoms with Crippen LogP contribution in [-0.4, -0.2) is 17.0 Å². The van der Waals surface area contributed by atoms with Gasteiger partial charge in [-0.05, 0) is 64.6 Å². The third kappa shape index (κ3) is 4.51. The Morgan fingerprint density at radius 1 is 1.00 bits per heavy atom. The quantitative estimate of drug-likeness (QED) is 0.502. The first kappa shape index (κ1) is 20.7. The molecule has 0 saturated heterocycles. The summed E-state index contributed by atoms with van der Waals surface area (Å²) in [5.41, 5.74) is 2.48. The van der Waals surface area contributed by atoms with Crippen LogP contribution in [0.4, 0.5) is 10.5 Å². The molecule has 29 heavy (non-hydrogen) atoms. The summed E-state index contributed by atoms with van der Waals surface area (Å²) in [4.78, 5) is 24.7. The first-order valence-electron chi connectivity index (χ1n) is 9.21. The molecule has 0 aliphatic heterocycles. The van der Waals surface area contributed by atoms with Crippen molar-refractivity contribution in [3.05, 3.63) is 70.2 Å². The topological polar surface area (TPSA) is 78.4 Å². The highest BCUT2D eigenvalue weighted by Gasteiger charge is 2.17. The minimum absolute atomic E-state index is 0.0639. The predicted molar refractivity (Wildman–Crippen MR) is 117 cm³/mol. The Balaban J connectivity index is 1.73. The molecule has 5 nitrogen and oxygen atoms in total. The lowest BCUT2D eigenvalue weighted by atomic mass is 9.87. The van der Waals surface area contributed by atoms with Gasteiger partial charge in [-0.1, -0.05) is 50.6 Å². The van der Waals surface area contributed by atoms with Crippen molar-refractivity contribution in [3.8, 4) is 5.75 Å². The number of rotatable bonds is 2. The van der Waals surface area contributed by atoms with Crippen molar-refractivity contribution >= 4 is 40.0 Å². The number of nitrogens with one attached hydrogen (secondary N) is 2. The van der Waals surface area contributed by atoms with Gasteiger partial charge in [0.2, 0.25) is 0 Å². The molecule has 0 atom stereocenters. The van der Waals surface area contributed by atoms with Gasteiger partial charge in [-0.2, -0.15) is 0 Å². The summed E-state index contributed by atoms with van der Waals surface area (Å²) >= 11 is 6.28. The van der Waals surface area contributed by atoms with Crippen LogP contribution in [0, 0.1) is 6.92 Å². The van der Waals surface area contributed by atoms with Gasteiger partial charge in [0.15, 0.2) is 0 Å². The van der Waals surface area contributed by atoms with Gasteiger partial charge in [-0.3, -0.25) is 10.1 Å². The first-order valence-corrected chi connectivity index (χ1v) is 9.59. The van der Waals surface area contributed by atoms with Gasteiger partial charge in [-0.25, -0.2) is 4.79 Å². The maximum Gasteiger partial charge on any atom is 0.326 e. The SMILES string of the molecule is Cc1c(O)ccc2cc(C(=O)NC(=O)Nc3ccc(C(C)(C)C)cc3Cl)ccc12. The molecule has 0 heterocycles. The van der Waals surface area contributed by atoms with Crippen molar-refractivity contribution in [3.63, 3.8) is 0 Å². The molecule has 150 valence electrons. The number of benzene rings is 3. The fourth-order valence-corrected chi connectivity index (χ4v) is 3.25. The van der Waals surface area contributed by atoms with Crippen LogP contribution in [-0.2, 0) is 5.41 Å². The smallest absolute Gasteiger partial charge is 0.326 e. The number of fused-ring (bicyclic) bond motifs is 1. The second-order valence-electron chi connectivity index (χ2n) is 8.00. The van der Waals surface area contributed by atoms with E-state index in [1.54, 1.807) is 49.4 Å². The number of amides is 3. The summed E-state index contributed by atoms with van der Waals surface area (Å²) in [5, 5.41) is 16.8. The number of phenolic OH excluding ortho intramolecular Hbond substituents is 1. The van der Waals surface area contributed by atoms with Gasteiger partial charge in [0.1, 0.15) is 5.75 Å². The standard InChI is InChI=1S/C23H23ClN2O3/c1-13-17-8-5-15(11-14(17)6-10-20(13)27)21(28)26-22(29)25-19-9-7-16(12-18(19)24)23(2,3)4/h5-12,27H,1-4H3,(H2,25,26,28,29). The average Bonchev–Trinajstić information content (AvgIpc) is 2.65. The predicted octanol–water partition coefficient (Wildman–Crippen LogP) is 5.77. The minimum atomic E-state index is -0.664. The highest BCUT2D eigenvalue weighted by molar-refractivity contribution is 6.33. The molecule has 3 N–H and O–H groups in total. The number of halogens is 1. The van der Waals surface area contributed by atoms with E-state index >= 15 is 0 Å². The fourth-order valence-electron chi connectivity index (χ4n) is 3.03. The highest BCUT2D eigenvalue weighted by atomic mass is 35.5. The van der Waals surface area contributed by atoms with Crippen LogP contribution in [0.3, 0.4) is 0 Å². The van der Waals surface area contributed by atoms with Crippen molar-refractivity contribution in [2.24, 2.45) is 0 Å². The van der Waals surface area contributed by atoms with Gasteiger partial charge in [0.05, 0.1) is 10.7 Å². The molecule has 0 spiro atoms. The maximum absolute atomic E-state index is 12.5. The summed E-state index contributed by atoms with van der Waals surface area (Å²) in [6, 6.07) is 13.1. The molecule has 0 unspecified atom stereocenters. The van der Waals surface area contributed by atoms with E-state index in [1.165, 1.54) is 0 Å². The lowest BCUT2D eigenvalue weighted by Crippen LogP contribution is -2.34. The molecule has 0 saturated carbocycles. The molecule has 3 aromatic carbocycles. The molecule has 0 radical (unpaired) electrons. The largest absolute Gasteiger partial charge is 0.508 e. The van der Waals surface area contributed by atoms with Gasteiger partial charge in [0.25, 0.3) is 5.91 Å². The van der Waals surface area contributed by atoms with Crippen LogP contribution >= 0.6 is 11.6 Å². The number of anilines is 1. The molecule has 0 aliphatic carbocycles. The van der Waals surface area contributed by atoms with Crippen molar-refractivity contribution in [1.82, 2.24) is 5.32 Å². The second-order valence-corrected chi connectivity index (χ2v) is 8.41. The van der Waals surface area contributed by atoms with E-state index in [0.29, 0.717) is 16.3 Å². The van der Waals surface area contributed by atoms with Crippen LogP contribution in [0.5, 0.6) is 5.75 Å². The third-order valence-corrected chi connectivity index (χ3v) is 5.15. The van der Waals surface area contributed by atoms with E-state index in [9.17, 15) is 14.7 Å². The molecular formula is C23H23ClN2O3. The minimum Gasteiger partial charge on any atom is -0.508 e. The highest BCUT2D eigenvalue weighted by Crippen LogP contribution is 2.30. The third-order valence-electron chi connectivity index (χ3n) is 4.83. The van der Waals surface area contributed by atoms with Crippen LogP contribution in [0.1, 0.15) is 42.3 Å². The molecule has 3 aromatic rings. The van der Waals surface area contributed by atoms with Crippen molar-refractivity contribution in [2.75, 3.05) is 5.32 Å². The van der Waals surface area contributed by atoms with Gasteiger partial charge in [0, 0.05) is 5.56 Å². The maximum atomic E-state index is 12.5. The van der Waals surface area contributed by atoms with E-state index in [1.807, 2.05) is 6.07 Å². The Hall–Kier alpha value is -3.05. The van der Waals surface area contributed by atoms with Gasteiger partial charge < -0.3 is 10.4 Å². The lowest BCUT2D eigenvalue weighted by molar-refractivity contribution is 0.0967. The normalized spacial score (nSPS) is 11.3. The molecule has 0 fully saturated rings. The van der Waals surface area contributed by atoms with E-state index in [-0.39, 0.29) is 11.2 Å². The van der Waals surface area contributed by atoms with Crippen molar-refractivity contribution in [2.45, 2.75) is 33.1 Å². The van der Waals surface area contributed by atoms with Crippen LogP contribution in [0.2, 0.25) is 5.02 Å². The van der Waals surface area contributed by atoms with E-state index < -0.39 is 11.9 Å². The number of carbonyl (C=O) groups excluding carboxylic acids is 2. The summed E-state index contributed by atoms with van der Waals surface area (Å²) in [6.07, 6.45) is 0. The van der Waals surface area contributed by atoms with Crippen LogP contribution in [0.25, 0.3) is 10.8 Å². The number of hydrogen-bond acceptors (Lipinski definition) is 3. The second kappa shape index (κ2) is 7.76. The first-order chi connectivity index (χ1) is 13.6. The monoisotopic (exact) mass is 410 g/mol. The number of aromatic hydroxyl groups is 1. The van der Waals surface area contributed by atoms with E-state index in [2.05, 4.69) is 31.4 Å². The van der Waals surface area contributed by atoms with Crippen LogP contribution < -0.4 is 10.6 Å². The summed E-state index contributed by atoms with van der Waals surface area (Å²) < 4.78 is 0. The zero-order valence-electron chi connectivity index (χ0n) is 16.8. The zero-order valence-corrected chi connectivity index (χ0v) is 17.5. The molecule has 3 rings (SSSR count). The van der Waals surface area contributed by atoms with Gasteiger partial charge >= 0.3 is 6.03 Å². The van der Waals surface area contributed by atoms with E-state index in [0.717, 1.165) is 21.9 Å². The van der Waals surface area contributed by atoms with Gasteiger partial charge in [-0.15, -0.1) is 0 Å². The fraction of sp³-hybridized carbons (Fsp3) is 0.217. The number of carbonyl (C=O) groups is 2. The Morgan fingerprint density at radius 2 is 1.72 bits per heavy atom. The Labute approximate surface area is 174 Å². The average molecular weight is 411 g/mol. The number of aryl methyl sites for hydroxylation is 1. The zero-order chi connectivity index (χ0) is 21.3. The Bertz CT molecular complexity index is 1120. The van der Waals surface area contributed by atoms with E-state index in [4.69, 9.17) is 11.6 Å². The molecule has 0 bridgehead atoms. The molecule has 0 aromatic heterocycles. The number of urea groups is 1. The number of hydrogen-bond donors (Lipinski definition) is 3. The van der Waals surface area contributed by atoms with Crippen molar-refractivity contribution < 1.29 is 14.7 Å². The van der Waals surface area contributed by atoms with Crippen molar-refractivity contribution in [1.29, 1.82) is 0 Å². The Morgan fingerprint density at radius 3 is 2.38 bits per heavy atom. The number of phenols is 1. The molecule has 0 aliphatic rings. The Kier molecular flexibility index (Phi) is 5.53. The molecule has 3 amide bonds. The lowest BCUT2D eigenvalue weighted by Gasteiger charge is -2.20. The summed E-state index contributed by atoms with van der Waals surface area (Å²) in [6.45, 7) is 8.02. The summed E-state index contributed by atoms with van der Waals surface area (Å²) in [5.74, 6) is -0.332. The molecular weight excluding hydrogens is 388 g/mol. The summed E-state index contributed by atoms with van der Waals surface area (Å²) in [7, 11) is 0.